The number of hydrogen-bond donors (Lipinski definition) is 1. The van der Waals surface area contributed by atoms with Crippen molar-refractivity contribution in [3.63, 3.8) is 0 Å². The summed E-state index contributed by atoms with van der Waals surface area (Å²) < 4.78 is 12.4. The molecule has 1 N–H and O–H groups in total. The highest BCUT2D eigenvalue weighted by Gasteiger charge is 2.09. The predicted molar refractivity (Wildman–Crippen MR) is 62.9 cm³/mol. The Kier molecular flexibility index (Phi) is 5.28. The first kappa shape index (κ1) is 13.0. The van der Waals surface area contributed by atoms with Crippen LogP contribution < -0.4 is 10.1 Å². The summed E-state index contributed by atoms with van der Waals surface area (Å²) in [6.07, 6.45) is 0. The lowest BCUT2D eigenvalue weighted by molar-refractivity contribution is 0.196. The van der Waals surface area contributed by atoms with Gasteiger partial charge in [0.25, 0.3) is 0 Å². The fourth-order valence-corrected chi connectivity index (χ4v) is 1.49. The molecule has 16 heavy (non-hydrogen) atoms. The summed E-state index contributed by atoms with van der Waals surface area (Å²) in [5, 5.41) is 7.52. The van der Waals surface area contributed by atoms with Gasteiger partial charge in [0.15, 0.2) is 5.75 Å². The zero-order valence-electron chi connectivity index (χ0n) is 10.5. The molecule has 0 saturated carbocycles. The molecule has 0 spiro atoms. The Hall–Kier alpha value is -1.07. The van der Waals surface area contributed by atoms with Crippen LogP contribution in [-0.2, 0) is 11.8 Å². The van der Waals surface area contributed by atoms with E-state index in [0.717, 1.165) is 36.8 Å². The Morgan fingerprint density at radius 1 is 1.25 bits per heavy atom. The van der Waals surface area contributed by atoms with Gasteiger partial charge in [-0.15, -0.1) is 0 Å². The molecular formula is C11H21N3O2. The topological polar surface area (TPSA) is 48.3 Å². The van der Waals surface area contributed by atoms with Gasteiger partial charge in [-0.2, -0.15) is 5.10 Å². The molecule has 1 aromatic heterocycles. The van der Waals surface area contributed by atoms with Crippen LogP contribution in [0.25, 0.3) is 0 Å². The maximum Gasteiger partial charge on any atom is 0.163 e. The maximum atomic E-state index is 5.68. The van der Waals surface area contributed by atoms with E-state index in [2.05, 4.69) is 10.4 Å². The van der Waals surface area contributed by atoms with Crippen molar-refractivity contribution in [2.45, 2.75) is 13.8 Å². The average Bonchev–Trinajstić information content (AvgIpc) is 2.49. The molecule has 0 aliphatic carbocycles. The summed E-state index contributed by atoms with van der Waals surface area (Å²) >= 11 is 0. The fraction of sp³-hybridized carbons (Fsp3) is 0.727. The lowest BCUT2D eigenvalue weighted by Crippen LogP contribution is -2.24. The van der Waals surface area contributed by atoms with Crippen LogP contribution in [0.1, 0.15) is 11.4 Å². The lowest BCUT2D eigenvalue weighted by atomic mass is 10.3. The molecule has 0 unspecified atom stereocenters. The zero-order chi connectivity index (χ0) is 12.0. The van der Waals surface area contributed by atoms with Gasteiger partial charge in [-0.05, 0) is 13.8 Å². The Bertz CT molecular complexity index is 323. The van der Waals surface area contributed by atoms with Gasteiger partial charge in [-0.3, -0.25) is 4.68 Å². The highest BCUT2D eigenvalue weighted by molar-refractivity contribution is 5.31. The van der Waals surface area contributed by atoms with Crippen molar-refractivity contribution in [3.05, 3.63) is 11.4 Å². The van der Waals surface area contributed by atoms with E-state index < -0.39 is 0 Å². The summed E-state index contributed by atoms with van der Waals surface area (Å²) in [6, 6.07) is 0. The second-order valence-corrected chi connectivity index (χ2v) is 3.71. The third-order valence-electron chi connectivity index (χ3n) is 2.45. The zero-order valence-corrected chi connectivity index (χ0v) is 10.5. The van der Waals surface area contributed by atoms with Crippen molar-refractivity contribution in [3.8, 4) is 5.75 Å². The largest absolute Gasteiger partial charge is 0.488 e. The van der Waals surface area contributed by atoms with Crippen molar-refractivity contribution >= 4 is 0 Å². The van der Waals surface area contributed by atoms with Crippen molar-refractivity contribution < 1.29 is 9.47 Å². The number of methoxy groups -OCH3 is 1. The Labute approximate surface area is 96.7 Å². The van der Waals surface area contributed by atoms with Crippen LogP contribution in [0.4, 0.5) is 0 Å². The van der Waals surface area contributed by atoms with E-state index in [1.54, 1.807) is 7.11 Å². The smallest absolute Gasteiger partial charge is 0.163 e. The molecule has 1 rings (SSSR count). The first-order chi connectivity index (χ1) is 7.66. The standard InChI is InChI=1S/C11H21N3O2/c1-9-11(10(2)14(3)13-9)16-8-6-12-5-7-15-4/h12H,5-8H2,1-4H3. The van der Waals surface area contributed by atoms with E-state index in [-0.39, 0.29) is 0 Å². The van der Waals surface area contributed by atoms with Gasteiger partial charge in [-0.1, -0.05) is 0 Å². The van der Waals surface area contributed by atoms with Gasteiger partial charge in [-0.25, -0.2) is 0 Å². The van der Waals surface area contributed by atoms with Gasteiger partial charge in [0.05, 0.1) is 12.3 Å². The molecule has 0 saturated heterocycles. The average molecular weight is 227 g/mol. The molecule has 5 heteroatoms. The quantitative estimate of drug-likeness (QED) is 0.695. The molecule has 0 aliphatic heterocycles. The molecule has 5 nitrogen and oxygen atoms in total. The molecule has 0 aliphatic rings. The van der Waals surface area contributed by atoms with Crippen molar-refractivity contribution in [1.29, 1.82) is 0 Å². The molecule has 0 bridgehead atoms. The second-order valence-electron chi connectivity index (χ2n) is 3.71. The molecular weight excluding hydrogens is 206 g/mol. The van der Waals surface area contributed by atoms with Gasteiger partial charge in [0.2, 0.25) is 0 Å². The SMILES string of the molecule is COCCNCCOc1c(C)nn(C)c1C. The number of nitrogens with one attached hydrogen (secondary N) is 1. The third-order valence-corrected chi connectivity index (χ3v) is 2.45. The molecule has 0 atom stereocenters. The minimum Gasteiger partial charge on any atom is -0.488 e. The minimum absolute atomic E-state index is 0.650. The Morgan fingerprint density at radius 3 is 2.50 bits per heavy atom. The molecule has 0 aromatic carbocycles. The predicted octanol–water partition coefficient (Wildman–Crippen LogP) is 0.652. The number of aromatic nitrogens is 2. The highest BCUT2D eigenvalue weighted by Crippen LogP contribution is 2.20. The van der Waals surface area contributed by atoms with Crippen LogP contribution in [-0.4, -0.2) is 43.2 Å². The molecule has 0 amide bonds. The normalized spacial score (nSPS) is 10.8. The number of rotatable bonds is 7. The van der Waals surface area contributed by atoms with Crippen LogP contribution >= 0.6 is 0 Å². The van der Waals surface area contributed by atoms with Crippen molar-refractivity contribution in [2.75, 3.05) is 33.4 Å². The van der Waals surface area contributed by atoms with Crippen LogP contribution in [0, 0.1) is 13.8 Å². The number of nitrogens with zero attached hydrogens (tertiary/aromatic N) is 2. The van der Waals surface area contributed by atoms with Crippen LogP contribution in [0.5, 0.6) is 5.75 Å². The second kappa shape index (κ2) is 6.50. The Balaban J connectivity index is 2.26. The molecule has 0 fully saturated rings. The van der Waals surface area contributed by atoms with Crippen molar-refractivity contribution in [2.24, 2.45) is 7.05 Å². The summed E-state index contributed by atoms with van der Waals surface area (Å²) in [7, 11) is 3.62. The van der Waals surface area contributed by atoms with Gasteiger partial charge < -0.3 is 14.8 Å². The molecule has 1 aromatic rings. The monoisotopic (exact) mass is 227 g/mol. The molecule has 1 heterocycles. The van der Waals surface area contributed by atoms with Crippen molar-refractivity contribution in [1.82, 2.24) is 15.1 Å². The molecule has 92 valence electrons. The number of aryl methyl sites for hydroxylation is 2. The highest BCUT2D eigenvalue weighted by atomic mass is 16.5. The summed E-state index contributed by atoms with van der Waals surface area (Å²) in [4.78, 5) is 0. The van der Waals surface area contributed by atoms with E-state index in [1.165, 1.54) is 0 Å². The van der Waals surface area contributed by atoms with E-state index in [0.29, 0.717) is 6.61 Å². The first-order valence-corrected chi connectivity index (χ1v) is 5.49. The Morgan fingerprint density at radius 2 is 1.94 bits per heavy atom. The fourth-order valence-electron chi connectivity index (χ4n) is 1.49. The summed E-state index contributed by atoms with van der Waals surface area (Å²) in [6.45, 7) is 7.01. The molecule has 0 radical (unpaired) electrons. The number of hydrogen-bond acceptors (Lipinski definition) is 4. The van der Waals surface area contributed by atoms with E-state index in [1.807, 2.05) is 25.6 Å². The van der Waals surface area contributed by atoms with Crippen LogP contribution in [0.3, 0.4) is 0 Å². The first-order valence-electron chi connectivity index (χ1n) is 5.49. The van der Waals surface area contributed by atoms with Crippen LogP contribution in [0.2, 0.25) is 0 Å². The van der Waals surface area contributed by atoms with Gasteiger partial charge in [0.1, 0.15) is 12.3 Å². The lowest BCUT2D eigenvalue weighted by Gasteiger charge is -2.07. The summed E-state index contributed by atoms with van der Waals surface area (Å²) in [5.74, 6) is 0.899. The van der Waals surface area contributed by atoms with Gasteiger partial charge >= 0.3 is 0 Å². The third kappa shape index (κ3) is 3.50. The van der Waals surface area contributed by atoms with E-state index >= 15 is 0 Å². The number of ether oxygens (including phenoxy) is 2. The van der Waals surface area contributed by atoms with Gasteiger partial charge in [0, 0.05) is 27.2 Å². The minimum atomic E-state index is 0.650. The maximum absolute atomic E-state index is 5.68. The van der Waals surface area contributed by atoms with E-state index in [9.17, 15) is 0 Å². The summed E-state index contributed by atoms with van der Waals surface area (Å²) in [5.41, 5.74) is 2.01. The van der Waals surface area contributed by atoms with E-state index in [4.69, 9.17) is 9.47 Å². The van der Waals surface area contributed by atoms with Crippen LogP contribution in [0.15, 0.2) is 0 Å².